The van der Waals surface area contributed by atoms with Crippen molar-refractivity contribution in [3.8, 4) is 0 Å². The first-order valence-electron chi connectivity index (χ1n) is 5.11. The molecule has 1 N–H and O–H groups in total. The van der Waals surface area contributed by atoms with E-state index in [2.05, 4.69) is 10.5 Å². The molecule has 0 saturated heterocycles. The molecular weight excluding hydrogens is 220 g/mol. The minimum absolute atomic E-state index is 0.232. The second-order valence-electron chi connectivity index (χ2n) is 3.56. The number of rotatable bonds is 3. The van der Waals surface area contributed by atoms with E-state index in [4.69, 9.17) is 8.83 Å². The summed E-state index contributed by atoms with van der Waals surface area (Å²) in [6.07, 6.45) is 1.43. The highest BCUT2D eigenvalue weighted by atomic mass is 16.4. The number of nitrogens with zero attached hydrogens (tertiary/aromatic N) is 1. The van der Waals surface area contributed by atoms with Crippen molar-refractivity contribution in [2.75, 3.05) is 0 Å². The Labute approximate surface area is 98.1 Å². The van der Waals surface area contributed by atoms with Gasteiger partial charge in [0, 0.05) is 0 Å². The second-order valence-corrected chi connectivity index (χ2v) is 3.56. The fraction of sp³-hybridized carbons (Fsp3) is 0.167. The van der Waals surface area contributed by atoms with E-state index >= 15 is 0 Å². The summed E-state index contributed by atoms with van der Waals surface area (Å²) in [6, 6.07) is 6.90. The Kier molecular flexibility index (Phi) is 3.09. The molecule has 0 atom stereocenters. The summed E-state index contributed by atoms with van der Waals surface area (Å²) in [5.74, 6) is 1.89. The van der Waals surface area contributed by atoms with Crippen molar-refractivity contribution in [1.29, 1.82) is 0 Å². The quantitative estimate of drug-likeness (QED) is 0.651. The van der Waals surface area contributed by atoms with Gasteiger partial charge in [-0.05, 0) is 38.1 Å². The number of hydrazone groups is 1. The van der Waals surface area contributed by atoms with Crippen molar-refractivity contribution in [3.05, 3.63) is 47.3 Å². The summed E-state index contributed by atoms with van der Waals surface area (Å²) in [7, 11) is 0. The number of carbonyl (C=O) groups is 1. The van der Waals surface area contributed by atoms with Gasteiger partial charge in [0.15, 0.2) is 5.76 Å². The Hall–Kier alpha value is -2.30. The van der Waals surface area contributed by atoms with Crippen molar-refractivity contribution < 1.29 is 13.6 Å². The van der Waals surface area contributed by atoms with Gasteiger partial charge >= 0.3 is 5.91 Å². The van der Waals surface area contributed by atoms with Crippen molar-refractivity contribution in [2.45, 2.75) is 13.8 Å². The predicted octanol–water partition coefficient (Wildman–Crippen LogP) is 2.25. The van der Waals surface area contributed by atoms with Crippen LogP contribution in [-0.4, -0.2) is 12.1 Å². The summed E-state index contributed by atoms with van der Waals surface area (Å²) >= 11 is 0. The van der Waals surface area contributed by atoms with Crippen LogP contribution < -0.4 is 5.43 Å². The van der Waals surface area contributed by atoms with Crippen molar-refractivity contribution in [1.82, 2.24) is 5.43 Å². The average Bonchev–Trinajstić information content (AvgIpc) is 2.88. The van der Waals surface area contributed by atoms with Crippen molar-refractivity contribution >= 4 is 12.1 Å². The van der Waals surface area contributed by atoms with Crippen molar-refractivity contribution in [3.63, 3.8) is 0 Å². The van der Waals surface area contributed by atoms with Gasteiger partial charge in [0.05, 0.1) is 6.21 Å². The Morgan fingerprint density at radius 3 is 2.47 bits per heavy atom. The molecule has 5 heteroatoms. The molecule has 2 rings (SSSR count). The molecule has 0 unspecified atom stereocenters. The Morgan fingerprint density at radius 2 is 1.88 bits per heavy atom. The molecule has 0 fully saturated rings. The molecule has 0 aliphatic rings. The van der Waals surface area contributed by atoms with Gasteiger partial charge in [0.2, 0.25) is 0 Å². The molecule has 1 amide bonds. The molecule has 17 heavy (non-hydrogen) atoms. The molecule has 0 saturated carbocycles. The first-order valence-corrected chi connectivity index (χ1v) is 5.11. The van der Waals surface area contributed by atoms with Gasteiger partial charge in [0.25, 0.3) is 0 Å². The smallest absolute Gasteiger partial charge is 0.307 e. The lowest BCUT2D eigenvalue weighted by atomic mass is 10.4. The van der Waals surface area contributed by atoms with Gasteiger partial charge in [-0.15, -0.1) is 0 Å². The van der Waals surface area contributed by atoms with E-state index in [9.17, 15) is 4.79 Å². The van der Waals surface area contributed by atoms with Crippen LogP contribution in [-0.2, 0) is 0 Å². The average molecular weight is 232 g/mol. The third-order valence-electron chi connectivity index (χ3n) is 2.08. The van der Waals surface area contributed by atoms with Crippen LogP contribution in [0.25, 0.3) is 0 Å². The molecule has 0 bridgehead atoms. The lowest BCUT2D eigenvalue weighted by Gasteiger charge is -1.94. The second kappa shape index (κ2) is 4.69. The normalized spacial score (nSPS) is 10.9. The minimum Gasteiger partial charge on any atom is -0.460 e. The highest BCUT2D eigenvalue weighted by Gasteiger charge is 2.07. The van der Waals surface area contributed by atoms with Crippen LogP contribution in [0.2, 0.25) is 0 Å². The van der Waals surface area contributed by atoms with Crippen LogP contribution in [0.4, 0.5) is 0 Å². The van der Waals surface area contributed by atoms with Crippen LogP contribution in [0.5, 0.6) is 0 Å². The fourth-order valence-corrected chi connectivity index (χ4v) is 1.29. The lowest BCUT2D eigenvalue weighted by molar-refractivity contribution is 0.0926. The third-order valence-corrected chi connectivity index (χ3v) is 2.08. The number of carbonyl (C=O) groups excluding carboxylic acids is 1. The van der Waals surface area contributed by atoms with Crippen LogP contribution >= 0.6 is 0 Å². The third kappa shape index (κ3) is 2.84. The summed E-state index contributed by atoms with van der Waals surface area (Å²) in [6.45, 7) is 3.60. The van der Waals surface area contributed by atoms with Gasteiger partial charge in [-0.25, -0.2) is 5.43 Å². The van der Waals surface area contributed by atoms with Crippen molar-refractivity contribution in [2.24, 2.45) is 5.10 Å². The summed E-state index contributed by atoms with van der Waals surface area (Å²) in [5, 5.41) is 3.76. The van der Waals surface area contributed by atoms with Gasteiger partial charge < -0.3 is 8.83 Å². The SMILES string of the molecule is Cc1ccc(C=NNC(=O)c2ccc(C)o2)o1. The largest absolute Gasteiger partial charge is 0.460 e. The molecule has 2 aromatic heterocycles. The van der Waals surface area contributed by atoms with Gasteiger partial charge in [0.1, 0.15) is 17.3 Å². The first kappa shape index (κ1) is 11.2. The van der Waals surface area contributed by atoms with E-state index in [0.29, 0.717) is 11.5 Å². The highest BCUT2D eigenvalue weighted by molar-refractivity contribution is 5.92. The van der Waals surface area contributed by atoms with Gasteiger partial charge in [-0.1, -0.05) is 0 Å². The van der Waals surface area contributed by atoms with Crippen LogP contribution in [0, 0.1) is 13.8 Å². The van der Waals surface area contributed by atoms with Crippen LogP contribution in [0.3, 0.4) is 0 Å². The Morgan fingerprint density at radius 1 is 1.18 bits per heavy atom. The summed E-state index contributed by atoms with van der Waals surface area (Å²) in [4.78, 5) is 11.5. The fourth-order valence-electron chi connectivity index (χ4n) is 1.29. The topological polar surface area (TPSA) is 67.7 Å². The van der Waals surface area contributed by atoms with Crippen LogP contribution in [0.15, 0.2) is 38.2 Å². The molecule has 88 valence electrons. The Bertz CT molecular complexity index is 552. The molecular formula is C12H12N2O3. The standard InChI is InChI=1S/C12H12N2O3/c1-8-3-5-10(16-8)7-13-14-12(15)11-6-4-9(2)17-11/h3-7H,1-2H3,(H,14,15). The van der Waals surface area contributed by atoms with Gasteiger partial charge in [-0.2, -0.15) is 5.10 Å². The maximum atomic E-state index is 11.5. The predicted molar refractivity (Wildman–Crippen MR) is 62.0 cm³/mol. The number of amides is 1. The number of hydrogen-bond donors (Lipinski definition) is 1. The summed E-state index contributed by atoms with van der Waals surface area (Å²) < 4.78 is 10.4. The molecule has 0 aliphatic heterocycles. The Balaban J connectivity index is 1.94. The van der Waals surface area contributed by atoms with E-state index in [1.54, 1.807) is 25.1 Å². The molecule has 0 spiro atoms. The number of furan rings is 2. The van der Waals surface area contributed by atoms with E-state index < -0.39 is 5.91 Å². The molecule has 2 aromatic rings. The van der Waals surface area contributed by atoms with E-state index in [0.717, 1.165) is 5.76 Å². The molecule has 0 aliphatic carbocycles. The maximum Gasteiger partial charge on any atom is 0.307 e. The molecule has 0 aromatic carbocycles. The number of nitrogens with one attached hydrogen (secondary N) is 1. The monoisotopic (exact) mass is 232 g/mol. The maximum absolute atomic E-state index is 11.5. The van der Waals surface area contributed by atoms with Gasteiger partial charge in [-0.3, -0.25) is 4.79 Å². The molecule has 2 heterocycles. The summed E-state index contributed by atoms with van der Waals surface area (Å²) in [5.41, 5.74) is 2.35. The lowest BCUT2D eigenvalue weighted by Crippen LogP contribution is -2.16. The molecule has 0 radical (unpaired) electrons. The number of aryl methyl sites for hydroxylation is 2. The van der Waals surface area contributed by atoms with E-state index in [1.807, 2.05) is 13.0 Å². The zero-order valence-electron chi connectivity index (χ0n) is 9.56. The van der Waals surface area contributed by atoms with E-state index in [-0.39, 0.29) is 5.76 Å². The van der Waals surface area contributed by atoms with Crippen LogP contribution in [0.1, 0.15) is 27.8 Å². The zero-order chi connectivity index (χ0) is 12.3. The first-order chi connectivity index (χ1) is 8.15. The highest BCUT2D eigenvalue weighted by Crippen LogP contribution is 2.06. The minimum atomic E-state index is -0.391. The zero-order valence-corrected chi connectivity index (χ0v) is 9.56. The van der Waals surface area contributed by atoms with E-state index in [1.165, 1.54) is 6.21 Å². The number of hydrogen-bond acceptors (Lipinski definition) is 4. The molecule has 5 nitrogen and oxygen atoms in total.